The van der Waals surface area contributed by atoms with Gasteiger partial charge in [0.2, 0.25) is 0 Å². The number of fused-ring (bicyclic) bond motifs is 2. The second-order valence-corrected chi connectivity index (χ2v) is 12.0. The summed E-state index contributed by atoms with van der Waals surface area (Å²) in [6.07, 6.45) is -0.0143. The van der Waals surface area contributed by atoms with Gasteiger partial charge in [-0.15, -0.1) is 22.7 Å². The minimum atomic E-state index is -0.828. The van der Waals surface area contributed by atoms with Crippen LogP contribution < -0.4 is 14.2 Å². The SMILES string of the molecule is COC(=O)[C@@H](C)CC(=O)c1cc2c(F)c(O)c(OC)cc2s1.COC(=O)[C@@H](C)CC(=O)c1cc2c(F)c(OC)c(OC)cc2s1. The molecule has 242 valence electrons. The predicted octanol–water partition coefficient (Wildman–Crippen LogP) is 6.58. The predicted molar refractivity (Wildman–Crippen MR) is 165 cm³/mol. The summed E-state index contributed by atoms with van der Waals surface area (Å²) in [5.74, 6) is -4.28. The van der Waals surface area contributed by atoms with Crippen LogP contribution in [0, 0.1) is 23.5 Å². The second kappa shape index (κ2) is 15.1. The van der Waals surface area contributed by atoms with Crippen molar-refractivity contribution in [2.45, 2.75) is 26.7 Å². The average Bonchev–Trinajstić information content (AvgIpc) is 3.67. The van der Waals surface area contributed by atoms with Crippen LogP contribution in [-0.4, -0.2) is 64.2 Å². The van der Waals surface area contributed by atoms with Gasteiger partial charge in [0.15, 0.2) is 46.2 Å². The molecular weight excluding hydrogens is 634 g/mol. The molecule has 14 heteroatoms. The molecule has 0 aliphatic heterocycles. The Hall–Kier alpha value is -4.30. The van der Waals surface area contributed by atoms with E-state index < -0.39 is 41.2 Å². The van der Waals surface area contributed by atoms with E-state index in [1.165, 1.54) is 53.7 Å². The number of hydrogen-bond acceptors (Lipinski definition) is 12. The van der Waals surface area contributed by atoms with Crippen molar-refractivity contribution < 1.29 is 56.7 Å². The summed E-state index contributed by atoms with van der Waals surface area (Å²) in [4.78, 5) is 47.9. The quantitative estimate of drug-likeness (QED) is 0.138. The van der Waals surface area contributed by atoms with E-state index in [0.29, 0.717) is 24.5 Å². The number of rotatable bonds is 11. The van der Waals surface area contributed by atoms with E-state index in [4.69, 9.17) is 14.2 Å². The summed E-state index contributed by atoms with van der Waals surface area (Å²) < 4.78 is 53.8. The number of esters is 2. The number of carbonyl (C=O) groups excluding carboxylic acids is 4. The molecular formula is C31H32F2O10S2. The number of methoxy groups -OCH3 is 5. The maximum Gasteiger partial charge on any atom is 0.308 e. The molecule has 0 aliphatic rings. The second-order valence-electron chi connectivity index (χ2n) is 9.82. The summed E-state index contributed by atoms with van der Waals surface area (Å²) in [7, 11) is 6.62. The fourth-order valence-electron chi connectivity index (χ4n) is 4.30. The molecule has 4 aromatic rings. The number of ketones is 2. The van der Waals surface area contributed by atoms with Gasteiger partial charge in [0.1, 0.15) is 0 Å². The average molecular weight is 667 g/mol. The first-order chi connectivity index (χ1) is 21.3. The van der Waals surface area contributed by atoms with Crippen LogP contribution in [0.25, 0.3) is 20.2 Å². The van der Waals surface area contributed by atoms with Crippen molar-refractivity contribution in [1.82, 2.24) is 0 Å². The third kappa shape index (κ3) is 7.68. The number of ether oxygens (including phenoxy) is 5. The van der Waals surface area contributed by atoms with Crippen LogP contribution in [0.5, 0.6) is 23.0 Å². The molecule has 0 radical (unpaired) electrons. The molecule has 2 aromatic heterocycles. The van der Waals surface area contributed by atoms with Gasteiger partial charge in [-0.05, 0) is 12.1 Å². The molecule has 0 spiro atoms. The molecule has 0 saturated heterocycles. The van der Waals surface area contributed by atoms with E-state index in [9.17, 15) is 33.1 Å². The molecule has 0 saturated carbocycles. The normalized spacial score (nSPS) is 12.1. The first kappa shape index (κ1) is 35.2. The van der Waals surface area contributed by atoms with Crippen LogP contribution in [-0.2, 0) is 19.1 Å². The smallest absolute Gasteiger partial charge is 0.308 e. The van der Waals surface area contributed by atoms with Gasteiger partial charge in [0.05, 0.1) is 57.1 Å². The lowest BCUT2D eigenvalue weighted by Crippen LogP contribution is -2.16. The van der Waals surface area contributed by atoms with E-state index in [-0.39, 0.29) is 47.0 Å². The van der Waals surface area contributed by atoms with Gasteiger partial charge >= 0.3 is 11.9 Å². The zero-order chi connectivity index (χ0) is 33.6. The maximum absolute atomic E-state index is 14.5. The lowest BCUT2D eigenvalue weighted by Gasteiger charge is -2.08. The van der Waals surface area contributed by atoms with Gasteiger partial charge in [-0.1, -0.05) is 13.8 Å². The molecule has 45 heavy (non-hydrogen) atoms. The number of benzene rings is 2. The van der Waals surface area contributed by atoms with Gasteiger partial charge in [0, 0.05) is 45.1 Å². The third-order valence-corrected chi connectivity index (χ3v) is 9.01. The molecule has 1 N–H and O–H groups in total. The van der Waals surface area contributed by atoms with E-state index in [1.807, 2.05) is 0 Å². The molecule has 0 unspecified atom stereocenters. The number of halogens is 2. The topological polar surface area (TPSA) is 135 Å². The zero-order valence-corrected chi connectivity index (χ0v) is 27.2. The Balaban J connectivity index is 0.000000246. The molecule has 2 aromatic carbocycles. The molecule has 0 amide bonds. The van der Waals surface area contributed by atoms with Gasteiger partial charge in [-0.2, -0.15) is 0 Å². The lowest BCUT2D eigenvalue weighted by atomic mass is 10.0. The maximum atomic E-state index is 14.5. The Morgan fingerprint density at radius 2 is 1.11 bits per heavy atom. The highest BCUT2D eigenvalue weighted by Crippen LogP contribution is 2.41. The first-order valence-corrected chi connectivity index (χ1v) is 15.0. The Kier molecular flexibility index (Phi) is 11.8. The monoisotopic (exact) mass is 666 g/mol. The van der Waals surface area contributed by atoms with E-state index in [2.05, 4.69) is 9.47 Å². The van der Waals surface area contributed by atoms with Crippen molar-refractivity contribution in [2.24, 2.45) is 11.8 Å². The molecule has 0 bridgehead atoms. The molecule has 4 rings (SSSR count). The summed E-state index contributed by atoms with van der Waals surface area (Å²) in [6.45, 7) is 3.20. The Labute approximate surface area is 265 Å². The lowest BCUT2D eigenvalue weighted by molar-refractivity contribution is -0.145. The van der Waals surface area contributed by atoms with Crippen LogP contribution in [0.1, 0.15) is 46.0 Å². The Morgan fingerprint density at radius 1 is 0.689 bits per heavy atom. The van der Waals surface area contributed by atoms with Crippen molar-refractivity contribution in [3.8, 4) is 23.0 Å². The van der Waals surface area contributed by atoms with Gasteiger partial charge in [-0.3, -0.25) is 19.2 Å². The highest BCUT2D eigenvalue weighted by Gasteiger charge is 2.24. The Morgan fingerprint density at radius 3 is 1.51 bits per heavy atom. The highest BCUT2D eigenvalue weighted by atomic mass is 32.1. The molecule has 0 fully saturated rings. The zero-order valence-electron chi connectivity index (χ0n) is 25.6. The van der Waals surface area contributed by atoms with Crippen LogP contribution in [0.15, 0.2) is 24.3 Å². The van der Waals surface area contributed by atoms with Crippen molar-refractivity contribution in [1.29, 1.82) is 0 Å². The molecule has 0 aliphatic carbocycles. The van der Waals surface area contributed by atoms with E-state index >= 15 is 0 Å². The summed E-state index contributed by atoms with van der Waals surface area (Å²) in [5.41, 5.74) is 0. The minimum absolute atomic E-state index is 0.000252. The third-order valence-electron chi connectivity index (χ3n) is 6.77. The van der Waals surface area contributed by atoms with Crippen LogP contribution in [0.3, 0.4) is 0 Å². The number of hydrogen-bond donors (Lipinski definition) is 1. The first-order valence-electron chi connectivity index (χ1n) is 13.4. The number of carbonyl (C=O) groups is 4. The molecule has 2 heterocycles. The van der Waals surface area contributed by atoms with E-state index in [0.717, 1.165) is 22.7 Å². The Bertz CT molecular complexity index is 1740. The van der Waals surface area contributed by atoms with Gasteiger partial charge in [-0.25, -0.2) is 8.78 Å². The van der Waals surface area contributed by atoms with Gasteiger partial charge in [0.25, 0.3) is 0 Å². The summed E-state index contributed by atoms with van der Waals surface area (Å²) in [5, 5.41) is 10.1. The molecule has 2 atom stereocenters. The largest absolute Gasteiger partial charge is 0.502 e. The highest BCUT2D eigenvalue weighted by molar-refractivity contribution is 7.21. The number of aromatic hydroxyl groups is 1. The standard InChI is InChI=1S/C16H17FO5S.C15H15FO5S/c1-8(16(19)22-4)5-10(18)13-6-9-12(23-13)7-11(20-2)15(21-3)14(9)17;1-7(15(19)21-3)4-9(17)12-5-8-11(22-12)6-10(20-2)14(18)13(8)16/h6-8H,5H2,1-4H3;5-7,18H,4H2,1-3H3/t8-;7-/m00/s1. The fraction of sp³-hybridized carbons (Fsp3) is 0.355. The van der Waals surface area contributed by atoms with Crippen molar-refractivity contribution in [3.05, 3.63) is 45.7 Å². The van der Waals surface area contributed by atoms with Crippen LogP contribution in [0.4, 0.5) is 8.78 Å². The van der Waals surface area contributed by atoms with Crippen LogP contribution in [0.2, 0.25) is 0 Å². The number of phenolic OH excluding ortho intramolecular Hbond substituents is 1. The van der Waals surface area contributed by atoms with Crippen LogP contribution >= 0.6 is 22.7 Å². The summed E-state index contributed by atoms with van der Waals surface area (Å²) in [6, 6.07) is 5.95. The van der Waals surface area contributed by atoms with Crippen molar-refractivity contribution in [3.63, 3.8) is 0 Å². The minimum Gasteiger partial charge on any atom is -0.502 e. The van der Waals surface area contributed by atoms with E-state index in [1.54, 1.807) is 19.9 Å². The van der Waals surface area contributed by atoms with Gasteiger partial charge < -0.3 is 28.8 Å². The van der Waals surface area contributed by atoms with Crippen molar-refractivity contribution in [2.75, 3.05) is 35.5 Å². The fourth-order valence-corrected chi connectivity index (χ4v) is 6.38. The molecule has 10 nitrogen and oxygen atoms in total. The van der Waals surface area contributed by atoms with Crippen molar-refractivity contribution >= 4 is 66.4 Å². The summed E-state index contributed by atoms with van der Waals surface area (Å²) >= 11 is 2.24. The number of Topliss-reactive ketones (excluding diaryl/α,β-unsaturated/α-hetero) is 2. The number of thiophene rings is 2. The number of phenols is 1.